The van der Waals surface area contributed by atoms with Gasteiger partial charge in [0.2, 0.25) is 0 Å². The average molecular weight is 287 g/mol. The van der Waals surface area contributed by atoms with E-state index in [1.54, 1.807) is 12.1 Å². The number of nitrogen functional groups attached to an aromatic ring is 1. The van der Waals surface area contributed by atoms with Crippen molar-refractivity contribution >= 4 is 11.6 Å². The molecular weight excluding hydrogens is 266 g/mol. The van der Waals surface area contributed by atoms with E-state index in [1.165, 1.54) is 5.56 Å². The van der Waals surface area contributed by atoms with Gasteiger partial charge in [0.05, 0.1) is 11.9 Å². The quantitative estimate of drug-likeness (QED) is 0.369. The number of hydrogen-bond donors (Lipinski definition) is 4. The predicted molar refractivity (Wildman–Crippen MR) is 83.0 cm³/mol. The zero-order valence-electron chi connectivity index (χ0n) is 12.4. The van der Waals surface area contributed by atoms with Crippen molar-refractivity contribution in [1.82, 2.24) is 15.5 Å². The molecule has 1 aromatic carbocycles. The Kier molecular flexibility index (Phi) is 4.94. The van der Waals surface area contributed by atoms with Crippen LogP contribution < -0.4 is 16.6 Å². The number of nitrogens with one attached hydrogen (secondary N) is 3. The molecule has 0 spiro atoms. The highest BCUT2D eigenvalue weighted by atomic mass is 16.1. The Balaban J connectivity index is 1.82. The van der Waals surface area contributed by atoms with E-state index >= 15 is 0 Å². The van der Waals surface area contributed by atoms with E-state index in [1.807, 2.05) is 26.1 Å². The predicted octanol–water partition coefficient (Wildman–Crippen LogP) is 1.67. The molecule has 0 aliphatic heterocycles. The molecule has 2 rings (SSSR count). The fourth-order valence-electron chi connectivity index (χ4n) is 2.18. The highest BCUT2D eigenvalue weighted by Crippen LogP contribution is 2.15. The molecule has 0 atom stereocenters. The SMILES string of the molecule is Cc1cc(C(=O)NCCCc2cn[nH]c2C)ccc1NN. The third-order valence-corrected chi connectivity index (χ3v) is 3.49. The molecule has 1 heterocycles. The number of hydrogen-bond acceptors (Lipinski definition) is 4. The number of anilines is 1. The van der Waals surface area contributed by atoms with Crippen LogP contribution in [-0.4, -0.2) is 22.6 Å². The topological polar surface area (TPSA) is 95.8 Å². The number of nitrogens with zero attached hydrogens (tertiary/aromatic N) is 1. The third kappa shape index (κ3) is 3.82. The van der Waals surface area contributed by atoms with E-state index in [0.29, 0.717) is 12.1 Å². The summed E-state index contributed by atoms with van der Waals surface area (Å²) in [5, 5.41) is 9.81. The van der Waals surface area contributed by atoms with Crippen LogP contribution in [0.25, 0.3) is 0 Å². The van der Waals surface area contributed by atoms with Gasteiger partial charge in [0.1, 0.15) is 0 Å². The first-order valence-electron chi connectivity index (χ1n) is 6.96. The molecule has 0 bridgehead atoms. The molecule has 21 heavy (non-hydrogen) atoms. The van der Waals surface area contributed by atoms with Crippen molar-refractivity contribution in [2.45, 2.75) is 26.7 Å². The standard InChI is InChI=1S/C15H21N5O/c1-10-8-12(5-6-14(10)19-16)15(21)17-7-3-4-13-9-18-20-11(13)2/h5-6,8-9,19H,3-4,7,16H2,1-2H3,(H,17,21)(H,18,20). The molecule has 6 nitrogen and oxygen atoms in total. The summed E-state index contributed by atoms with van der Waals surface area (Å²) >= 11 is 0. The average Bonchev–Trinajstić information content (AvgIpc) is 2.88. The van der Waals surface area contributed by atoms with Crippen LogP contribution in [0.3, 0.4) is 0 Å². The second-order valence-electron chi connectivity index (χ2n) is 5.05. The smallest absolute Gasteiger partial charge is 0.251 e. The Bertz CT molecular complexity index is 620. The molecular formula is C15H21N5O. The molecule has 0 aliphatic rings. The van der Waals surface area contributed by atoms with Crippen molar-refractivity contribution in [3.63, 3.8) is 0 Å². The lowest BCUT2D eigenvalue weighted by atomic mass is 10.1. The minimum Gasteiger partial charge on any atom is -0.352 e. The summed E-state index contributed by atoms with van der Waals surface area (Å²) in [4.78, 5) is 12.0. The number of amides is 1. The molecule has 0 saturated heterocycles. The first-order chi connectivity index (χ1) is 10.1. The van der Waals surface area contributed by atoms with E-state index in [2.05, 4.69) is 20.9 Å². The lowest BCUT2D eigenvalue weighted by molar-refractivity contribution is 0.0953. The highest BCUT2D eigenvalue weighted by Gasteiger charge is 2.07. The number of carbonyl (C=O) groups is 1. The van der Waals surface area contributed by atoms with Crippen LogP contribution in [0.4, 0.5) is 5.69 Å². The summed E-state index contributed by atoms with van der Waals surface area (Å²) in [6.07, 6.45) is 3.62. The first kappa shape index (κ1) is 15.1. The van der Waals surface area contributed by atoms with Crippen LogP contribution >= 0.6 is 0 Å². The number of benzene rings is 1. The summed E-state index contributed by atoms with van der Waals surface area (Å²) < 4.78 is 0. The van der Waals surface area contributed by atoms with Crippen molar-refractivity contribution in [2.75, 3.05) is 12.0 Å². The summed E-state index contributed by atoms with van der Waals surface area (Å²) in [6.45, 7) is 4.55. The van der Waals surface area contributed by atoms with Crippen LogP contribution in [0.15, 0.2) is 24.4 Å². The third-order valence-electron chi connectivity index (χ3n) is 3.49. The summed E-state index contributed by atoms with van der Waals surface area (Å²) in [5.74, 6) is 5.31. The van der Waals surface area contributed by atoms with Crippen LogP contribution in [0.5, 0.6) is 0 Å². The Morgan fingerprint density at radius 1 is 1.38 bits per heavy atom. The van der Waals surface area contributed by atoms with Crippen molar-refractivity contribution in [1.29, 1.82) is 0 Å². The van der Waals surface area contributed by atoms with Crippen LogP contribution in [0.2, 0.25) is 0 Å². The lowest BCUT2D eigenvalue weighted by Gasteiger charge is -2.08. The van der Waals surface area contributed by atoms with Gasteiger partial charge < -0.3 is 10.7 Å². The van der Waals surface area contributed by atoms with Gasteiger partial charge >= 0.3 is 0 Å². The number of aromatic amines is 1. The Morgan fingerprint density at radius 3 is 2.81 bits per heavy atom. The van der Waals surface area contributed by atoms with E-state index in [-0.39, 0.29) is 5.91 Å². The summed E-state index contributed by atoms with van der Waals surface area (Å²) in [7, 11) is 0. The van der Waals surface area contributed by atoms with Gasteiger partial charge in [-0.2, -0.15) is 5.10 Å². The van der Waals surface area contributed by atoms with E-state index in [9.17, 15) is 4.79 Å². The minimum atomic E-state index is -0.0643. The van der Waals surface area contributed by atoms with Gasteiger partial charge in [0.15, 0.2) is 0 Å². The molecule has 1 amide bonds. The van der Waals surface area contributed by atoms with E-state index in [0.717, 1.165) is 29.8 Å². The van der Waals surface area contributed by atoms with Gasteiger partial charge in [-0.15, -0.1) is 0 Å². The zero-order chi connectivity index (χ0) is 15.2. The highest BCUT2D eigenvalue weighted by molar-refractivity contribution is 5.94. The van der Waals surface area contributed by atoms with Crippen LogP contribution in [0, 0.1) is 13.8 Å². The monoisotopic (exact) mass is 287 g/mol. The molecule has 6 heteroatoms. The molecule has 112 valence electrons. The number of carbonyl (C=O) groups excluding carboxylic acids is 1. The number of nitrogens with two attached hydrogens (primary N) is 1. The molecule has 1 aromatic heterocycles. The van der Waals surface area contributed by atoms with Gasteiger partial charge in [0, 0.05) is 17.8 Å². The fraction of sp³-hybridized carbons (Fsp3) is 0.333. The van der Waals surface area contributed by atoms with E-state index < -0.39 is 0 Å². The molecule has 0 fully saturated rings. The number of H-pyrrole nitrogens is 1. The van der Waals surface area contributed by atoms with Gasteiger partial charge in [-0.05, 0) is 56.0 Å². The first-order valence-corrected chi connectivity index (χ1v) is 6.96. The minimum absolute atomic E-state index is 0.0643. The number of aryl methyl sites for hydroxylation is 3. The largest absolute Gasteiger partial charge is 0.352 e. The molecule has 0 aliphatic carbocycles. The van der Waals surface area contributed by atoms with Gasteiger partial charge in [-0.3, -0.25) is 15.7 Å². The van der Waals surface area contributed by atoms with Gasteiger partial charge in [-0.25, -0.2) is 0 Å². The Hall–Kier alpha value is -2.34. The molecule has 0 radical (unpaired) electrons. The Labute approximate surface area is 124 Å². The zero-order valence-corrected chi connectivity index (χ0v) is 12.4. The van der Waals surface area contributed by atoms with Crippen LogP contribution in [0.1, 0.15) is 33.6 Å². The fourth-order valence-corrected chi connectivity index (χ4v) is 2.18. The number of aromatic nitrogens is 2. The number of hydrazine groups is 1. The van der Waals surface area contributed by atoms with Crippen molar-refractivity contribution < 1.29 is 4.79 Å². The summed E-state index contributed by atoms with van der Waals surface area (Å²) in [6, 6.07) is 5.39. The van der Waals surface area contributed by atoms with Gasteiger partial charge in [0.25, 0.3) is 5.91 Å². The van der Waals surface area contributed by atoms with Crippen molar-refractivity contribution in [3.05, 3.63) is 46.8 Å². The van der Waals surface area contributed by atoms with E-state index in [4.69, 9.17) is 5.84 Å². The molecule has 0 unspecified atom stereocenters. The second kappa shape index (κ2) is 6.90. The lowest BCUT2D eigenvalue weighted by Crippen LogP contribution is -2.25. The molecule has 2 aromatic rings. The second-order valence-corrected chi connectivity index (χ2v) is 5.05. The van der Waals surface area contributed by atoms with Crippen molar-refractivity contribution in [3.8, 4) is 0 Å². The van der Waals surface area contributed by atoms with Crippen molar-refractivity contribution in [2.24, 2.45) is 5.84 Å². The maximum absolute atomic E-state index is 12.0. The maximum Gasteiger partial charge on any atom is 0.251 e. The Morgan fingerprint density at radius 2 is 2.19 bits per heavy atom. The summed E-state index contributed by atoms with van der Waals surface area (Å²) in [5.41, 5.74) is 7.28. The van der Waals surface area contributed by atoms with Gasteiger partial charge in [-0.1, -0.05) is 0 Å². The molecule has 0 saturated carbocycles. The maximum atomic E-state index is 12.0. The number of rotatable bonds is 6. The molecule has 5 N–H and O–H groups in total. The normalized spacial score (nSPS) is 10.4. The van der Waals surface area contributed by atoms with Crippen LogP contribution in [-0.2, 0) is 6.42 Å².